The van der Waals surface area contributed by atoms with E-state index in [1.165, 1.54) is 13.1 Å². The molecule has 4 aromatic carbocycles. The first-order chi connectivity index (χ1) is 19.6. The Hall–Kier alpha value is -4.96. The molecule has 0 aliphatic carbocycles. The molecule has 0 aliphatic heterocycles. The number of likely N-dealkylation sites (N-methyl/N-ethyl adjacent to an activating group) is 1. The molecule has 0 spiro atoms. The predicted molar refractivity (Wildman–Crippen MR) is 153 cm³/mol. The number of halogens is 2. The molecule has 0 saturated carbocycles. The molecule has 1 unspecified atom stereocenters. The highest BCUT2D eigenvalue weighted by molar-refractivity contribution is 6.06. The van der Waals surface area contributed by atoms with Crippen LogP contribution in [-0.4, -0.2) is 61.8 Å². The quantitative estimate of drug-likeness (QED) is 0.282. The second-order valence-corrected chi connectivity index (χ2v) is 9.02. The molecular weight excluding hydrogens is 532 g/mol. The topological polar surface area (TPSA) is 107 Å². The number of carbonyl (C=O) groups is 4. The summed E-state index contributed by atoms with van der Waals surface area (Å²) in [6, 6.07) is 21.3. The van der Waals surface area contributed by atoms with Gasteiger partial charge in [-0.25, -0.2) is 8.78 Å². The van der Waals surface area contributed by atoms with Gasteiger partial charge in [0.2, 0.25) is 6.41 Å². The van der Waals surface area contributed by atoms with Gasteiger partial charge in [-0.1, -0.05) is 48.5 Å². The number of para-hydroxylation sites is 1. The summed E-state index contributed by atoms with van der Waals surface area (Å²) in [5.74, 6) is -2.94. The van der Waals surface area contributed by atoms with E-state index in [1.54, 1.807) is 19.2 Å². The zero-order valence-electron chi connectivity index (χ0n) is 22.7. The van der Waals surface area contributed by atoms with Crippen molar-refractivity contribution < 1.29 is 33.1 Å². The van der Waals surface area contributed by atoms with E-state index in [0.29, 0.717) is 24.1 Å². The summed E-state index contributed by atoms with van der Waals surface area (Å²) < 4.78 is 24.8. The van der Waals surface area contributed by atoms with Crippen LogP contribution in [0.25, 0.3) is 10.8 Å². The van der Waals surface area contributed by atoms with Gasteiger partial charge in [-0.15, -0.1) is 0 Å². The molecule has 2 amide bonds. The van der Waals surface area contributed by atoms with Crippen LogP contribution in [0.2, 0.25) is 0 Å². The van der Waals surface area contributed by atoms with Crippen LogP contribution in [0.4, 0.5) is 20.2 Å². The van der Waals surface area contributed by atoms with E-state index in [0.717, 1.165) is 39.1 Å². The molecule has 1 atom stereocenters. The highest BCUT2D eigenvalue weighted by Crippen LogP contribution is 2.34. The van der Waals surface area contributed by atoms with E-state index in [9.17, 15) is 33.1 Å². The summed E-state index contributed by atoms with van der Waals surface area (Å²) in [6.45, 7) is 0. The fourth-order valence-electron chi connectivity index (χ4n) is 4.30. The third-order valence-electron chi connectivity index (χ3n) is 6.51. The second-order valence-electron chi connectivity index (χ2n) is 9.02. The summed E-state index contributed by atoms with van der Waals surface area (Å²) in [5.41, 5.74) is 2.35. The van der Waals surface area contributed by atoms with Crippen molar-refractivity contribution in [3.05, 3.63) is 107 Å². The number of imide groups is 1. The molecule has 41 heavy (non-hydrogen) atoms. The number of carboxylic acid groups (broad SMARTS) is 1. The van der Waals surface area contributed by atoms with Crippen molar-refractivity contribution in [1.82, 2.24) is 10.2 Å². The van der Waals surface area contributed by atoms with Gasteiger partial charge in [-0.05, 0) is 54.8 Å². The number of carbonyl (C=O) groups excluding carboxylic acids is 3. The lowest BCUT2D eigenvalue weighted by atomic mass is 9.97. The standard InChI is InChI=1S/C24H25N3O4.C7H4F2O/c1-25-20(24(30)31)14-16-8-6-11-18-17(16)10-7-13-21(18)27(3)22-12-5-4-9-19(22)23(29)26(2)15-28;8-6-2-1-3-7(9)5(6)4-10/h4-13,15,20,25H,14H2,1-3H3,(H,30,31);1-4H. The molecule has 0 heterocycles. The molecule has 212 valence electrons. The van der Waals surface area contributed by atoms with Crippen LogP contribution in [0, 0.1) is 11.6 Å². The van der Waals surface area contributed by atoms with E-state index in [-0.39, 0.29) is 6.29 Å². The molecule has 0 fully saturated rings. The highest BCUT2D eigenvalue weighted by Gasteiger charge is 2.21. The van der Waals surface area contributed by atoms with E-state index < -0.39 is 35.1 Å². The van der Waals surface area contributed by atoms with Gasteiger partial charge in [0.05, 0.1) is 16.8 Å². The predicted octanol–water partition coefficient (Wildman–Crippen LogP) is 4.83. The van der Waals surface area contributed by atoms with Crippen molar-refractivity contribution in [1.29, 1.82) is 0 Å². The number of benzene rings is 4. The largest absolute Gasteiger partial charge is 0.480 e. The number of rotatable bonds is 9. The number of aldehydes is 1. The number of nitrogens with one attached hydrogen (secondary N) is 1. The molecule has 10 heteroatoms. The van der Waals surface area contributed by atoms with Crippen LogP contribution in [-0.2, 0) is 16.0 Å². The van der Waals surface area contributed by atoms with E-state index in [1.807, 2.05) is 60.5 Å². The number of carboxylic acids is 1. The van der Waals surface area contributed by atoms with Gasteiger partial charge in [-0.2, -0.15) is 0 Å². The maximum absolute atomic E-state index is 12.7. The Balaban J connectivity index is 0.000000389. The van der Waals surface area contributed by atoms with E-state index >= 15 is 0 Å². The van der Waals surface area contributed by atoms with Crippen LogP contribution in [0.1, 0.15) is 26.3 Å². The van der Waals surface area contributed by atoms with Crippen molar-refractivity contribution in [2.75, 3.05) is 26.0 Å². The fraction of sp³-hybridized carbons (Fsp3) is 0.161. The van der Waals surface area contributed by atoms with Gasteiger partial charge in [-0.3, -0.25) is 24.1 Å². The minimum atomic E-state index is -0.903. The van der Waals surface area contributed by atoms with Crippen molar-refractivity contribution in [2.24, 2.45) is 0 Å². The Morgan fingerprint density at radius 1 is 0.854 bits per heavy atom. The third kappa shape index (κ3) is 6.98. The van der Waals surface area contributed by atoms with Gasteiger partial charge in [0.1, 0.15) is 17.7 Å². The normalized spacial score (nSPS) is 11.1. The molecule has 0 saturated heterocycles. The third-order valence-corrected chi connectivity index (χ3v) is 6.51. The Labute approximate surface area is 235 Å². The van der Waals surface area contributed by atoms with Crippen LogP contribution in [0.15, 0.2) is 78.9 Å². The zero-order valence-corrected chi connectivity index (χ0v) is 22.7. The Morgan fingerprint density at radius 3 is 2.02 bits per heavy atom. The summed E-state index contributed by atoms with van der Waals surface area (Å²) in [4.78, 5) is 48.1. The Bertz CT molecular complexity index is 1560. The summed E-state index contributed by atoms with van der Waals surface area (Å²) in [7, 11) is 4.92. The highest BCUT2D eigenvalue weighted by atomic mass is 19.1. The minimum absolute atomic E-state index is 0.157. The van der Waals surface area contributed by atoms with Gasteiger partial charge in [0.15, 0.2) is 6.29 Å². The molecule has 4 aromatic rings. The van der Waals surface area contributed by atoms with Crippen LogP contribution < -0.4 is 10.2 Å². The molecule has 4 rings (SSSR count). The number of aliphatic carboxylic acids is 1. The van der Waals surface area contributed by atoms with E-state index in [2.05, 4.69) is 5.32 Å². The average Bonchev–Trinajstić information content (AvgIpc) is 2.98. The Morgan fingerprint density at radius 2 is 1.44 bits per heavy atom. The van der Waals surface area contributed by atoms with Crippen molar-refractivity contribution in [2.45, 2.75) is 12.5 Å². The van der Waals surface area contributed by atoms with Crippen LogP contribution >= 0.6 is 0 Å². The fourth-order valence-corrected chi connectivity index (χ4v) is 4.30. The molecule has 0 aliphatic rings. The van der Waals surface area contributed by atoms with Crippen molar-refractivity contribution in [3.63, 3.8) is 0 Å². The molecule has 8 nitrogen and oxygen atoms in total. The first-order valence-electron chi connectivity index (χ1n) is 12.5. The minimum Gasteiger partial charge on any atom is -0.480 e. The lowest BCUT2D eigenvalue weighted by molar-refractivity contribution is -0.139. The molecular formula is C31H29F2N3O5. The smallest absolute Gasteiger partial charge is 0.321 e. The van der Waals surface area contributed by atoms with Gasteiger partial charge in [0.25, 0.3) is 5.91 Å². The first-order valence-corrected chi connectivity index (χ1v) is 12.5. The van der Waals surface area contributed by atoms with Crippen molar-refractivity contribution >= 4 is 46.7 Å². The SMILES string of the molecule is CNC(Cc1cccc2c(N(C)c3ccccc3C(=O)N(C)C=O)cccc12)C(=O)O.O=Cc1c(F)cccc1F. The number of hydrogen-bond donors (Lipinski definition) is 2. The maximum atomic E-state index is 12.7. The van der Waals surface area contributed by atoms with Crippen LogP contribution in [0.3, 0.4) is 0 Å². The number of fused-ring (bicyclic) bond motifs is 1. The summed E-state index contributed by atoms with van der Waals surface area (Å²) >= 11 is 0. The molecule has 0 bridgehead atoms. The second kappa shape index (κ2) is 13.9. The van der Waals surface area contributed by atoms with Gasteiger partial charge >= 0.3 is 5.97 Å². The number of anilines is 2. The zero-order chi connectivity index (χ0) is 30.1. The molecule has 2 N–H and O–H groups in total. The monoisotopic (exact) mass is 561 g/mol. The van der Waals surface area contributed by atoms with Crippen molar-refractivity contribution in [3.8, 4) is 0 Å². The van der Waals surface area contributed by atoms with E-state index in [4.69, 9.17) is 0 Å². The molecule has 0 radical (unpaired) electrons. The molecule has 0 aromatic heterocycles. The first kappa shape index (κ1) is 30.6. The summed E-state index contributed by atoms with van der Waals surface area (Å²) in [6.07, 6.45) is 0.990. The van der Waals surface area contributed by atoms with Crippen LogP contribution in [0.5, 0.6) is 0 Å². The maximum Gasteiger partial charge on any atom is 0.321 e. The average molecular weight is 562 g/mol. The van der Waals surface area contributed by atoms with Gasteiger partial charge < -0.3 is 15.3 Å². The number of amides is 2. The summed E-state index contributed by atoms with van der Waals surface area (Å²) in [5, 5.41) is 14.1. The number of hydrogen-bond acceptors (Lipinski definition) is 6. The van der Waals surface area contributed by atoms with Gasteiger partial charge in [0, 0.05) is 25.2 Å². The lowest BCUT2D eigenvalue weighted by Gasteiger charge is -2.25. The Kier molecular flexibility index (Phi) is 10.4. The lowest BCUT2D eigenvalue weighted by Crippen LogP contribution is -2.35. The number of nitrogens with zero attached hydrogens (tertiary/aromatic N) is 2.